The predicted octanol–water partition coefficient (Wildman–Crippen LogP) is 1.14. The van der Waals surface area contributed by atoms with Crippen LogP contribution in [0, 0.1) is 0 Å². The Morgan fingerprint density at radius 2 is 1.94 bits per heavy atom. The average Bonchev–Trinajstić information content (AvgIpc) is 2.89. The van der Waals surface area contributed by atoms with Gasteiger partial charge in [0.2, 0.25) is 11.7 Å². The topological polar surface area (TPSA) is 54.2 Å². The Bertz CT molecular complexity index is 491. The summed E-state index contributed by atoms with van der Waals surface area (Å²) in [6, 6.07) is 9.90. The molecule has 0 bridgehead atoms. The first-order chi connectivity index (χ1) is 8.92. The van der Waals surface area contributed by atoms with Gasteiger partial charge in [0, 0.05) is 31.7 Å². The third-order valence-electron chi connectivity index (χ3n) is 3.07. The van der Waals surface area contributed by atoms with Crippen molar-refractivity contribution in [1.29, 1.82) is 0 Å². The summed E-state index contributed by atoms with van der Waals surface area (Å²) >= 11 is 0. The lowest BCUT2D eigenvalue weighted by molar-refractivity contribution is 0.203. The van der Waals surface area contributed by atoms with Crippen molar-refractivity contribution in [2.75, 3.05) is 26.2 Å². The quantitative estimate of drug-likeness (QED) is 0.877. The Labute approximate surface area is 106 Å². The third-order valence-corrected chi connectivity index (χ3v) is 3.07. The van der Waals surface area contributed by atoms with Gasteiger partial charge in [0.05, 0.1) is 6.54 Å². The molecule has 2 aromatic rings. The Kier molecular flexibility index (Phi) is 3.34. The number of aromatic nitrogens is 2. The van der Waals surface area contributed by atoms with Gasteiger partial charge in [-0.1, -0.05) is 35.5 Å². The molecule has 0 aliphatic carbocycles. The fourth-order valence-electron chi connectivity index (χ4n) is 2.08. The number of piperazine rings is 1. The van der Waals surface area contributed by atoms with Crippen molar-refractivity contribution in [3.63, 3.8) is 0 Å². The van der Waals surface area contributed by atoms with Crippen molar-refractivity contribution in [2.45, 2.75) is 6.54 Å². The molecule has 1 aromatic carbocycles. The van der Waals surface area contributed by atoms with Crippen LogP contribution < -0.4 is 5.32 Å². The maximum Gasteiger partial charge on any atom is 0.241 e. The zero-order valence-corrected chi connectivity index (χ0v) is 10.2. The van der Waals surface area contributed by atoms with Crippen LogP contribution >= 0.6 is 0 Å². The van der Waals surface area contributed by atoms with Crippen LogP contribution in [0.5, 0.6) is 0 Å². The molecule has 0 unspecified atom stereocenters. The van der Waals surface area contributed by atoms with E-state index in [0.29, 0.717) is 11.7 Å². The molecule has 0 radical (unpaired) electrons. The van der Waals surface area contributed by atoms with E-state index in [2.05, 4.69) is 20.4 Å². The second-order valence-electron chi connectivity index (χ2n) is 4.40. The summed E-state index contributed by atoms with van der Waals surface area (Å²) in [4.78, 5) is 6.75. The van der Waals surface area contributed by atoms with Crippen molar-refractivity contribution < 1.29 is 4.52 Å². The number of nitrogens with zero attached hydrogens (tertiary/aromatic N) is 3. The van der Waals surface area contributed by atoms with Crippen LogP contribution in [0.4, 0.5) is 0 Å². The monoisotopic (exact) mass is 244 g/mol. The molecular formula is C13H16N4O. The van der Waals surface area contributed by atoms with E-state index in [-0.39, 0.29) is 0 Å². The molecule has 1 aromatic heterocycles. The van der Waals surface area contributed by atoms with E-state index in [0.717, 1.165) is 38.3 Å². The van der Waals surface area contributed by atoms with Crippen LogP contribution in [0.2, 0.25) is 0 Å². The van der Waals surface area contributed by atoms with Gasteiger partial charge >= 0.3 is 0 Å². The molecule has 1 aliphatic heterocycles. The maximum absolute atomic E-state index is 5.30. The highest BCUT2D eigenvalue weighted by molar-refractivity contribution is 5.53. The van der Waals surface area contributed by atoms with E-state index in [1.165, 1.54) is 0 Å². The Morgan fingerprint density at radius 1 is 1.17 bits per heavy atom. The molecule has 0 atom stereocenters. The highest BCUT2D eigenvalue weighted by Crippen LogP contribution is 2.15. The Hall–Kier alpha value is -1.72. The molecule has 0 spiro atoms. The van der Waals surface area contributed by atoms with Gasteiger partial charge in [-0.05, 0) is 0 Å². The van der Waals surface area contributed by atoms with Crippen LogP contribution in [-0.2, 0) is 6.54 Å². The highest BCUT2D eigenvalue weighted by Gasteiger charge is 2.14. The number of hydrogen-bond donors (Lipinski definition) is 1. The van der Waals surface area contributed by atoms with Crippen molar-refractivity contribution >= 4 is 0 Å². The van der Waals surface area contributed by atoms with Crippen LogP contribution in [0.15, 0.2) is 34.9 Å². The number of hydrogen-bond acceptors (Lipinski definition) is 5. The summed E-state index contributed by atoms with van der Waals surface area (Å²) in [6.45, 7) is 4.85. The van der Waals surface area contributed by atoms with E-state index < -0.39 is 0 Å². The summed E-state index contributed by atoms with van der Waals surface area (Å²) in [5, 5.41) is 7.35. The molecule has 94 valence electrons. The second-order valence-corrected chi connectivity index (χ2v) is 4.40. The summed E-state index contributed by atoms with van der Waals surface area (Å²) in [7, 11) is 0. The molecule has 1 fully saturated rings. The van der Waals surface area contributed by atoms with E-state index in [4.69, 9.17) is 4.52 Å². The molecule has 1 N–H and O–H groups in total. The van der Waals surface area contributed by atoms with E-state index in [1.807, 2.05) is 30.3 Å². The van der Waals surface area contributed by atoms with Gasteiger partial charge in [-0.2, -0.15) is 4.98 Å². The van der Waals surface area contributed by atoms with Gasteiger partial charge in [0.15, 0.2) is 0 Å². The maximum atomic E-state index is 5.30. The lowest BCUT2D eigenvalue weighted by Gasteiger charge is -2.25. The minimum absolute atomic E-state index is 0.667. The molecule has 0 amide bonds. The summed E-state index contributed by atoms with van der Waals surface area (Å²) in [5.41, 5.74) is 0.993. The van der Waals surface area contributed by atoms with Gasteiger partial charge in [-0.25, -0.2) is 0 Å². The Balaban J connectivity index is 1.69. The predicted molar refractivity (Wildman–Crippen MR) is 67.9 cm³/mol. The Morgan fingerprint density at radius 3 is 2.72 bits per heavy atom. The lowest BCUT2D eigenvalue weighted by Crippen LogP contribution is -2.42. The molecule has 1 aliphatic rings. The first-order valence-electron chi connectivity index (χ1n) is 6.23. The van der Waals surface area contributed by atoms with Gasteiger partial charge < -0.3 is 9.84 Å². The summed E-state index contributed by atoms with van der Waals surface area (Å²) < 4.78 is 5.30. The minimum atomic E-state index is 0.667. The van der Waals surface area contributed by atoms with Gasteiger partial charge in [-0.15, -0.1) is 0 Å². The zero-order chi connectivity index (χ0) is 12.2. The third kappa shape index (κ3) is 2.57. The summed E-state index contributed by atoms with van der Waals surface area (Å²) in [6.07, 6.45) is 0. The number of rotatable bonds is 3. The van der Waals surface area contributed by atoms with Crippen molar-refractivity contribution in [3.05, 3.63) is 36.2 Å². The molecule has 5 nitrogen and oxygen atoms in total. The fourth-order valence-corrected chi connectivity index (χ4v) is 2.08. The SMILES string of the molecule is c1ccc(-c2noc(CN3CCNCC3)n2)cc1. The second kappa shape index (κ2) is 5.29. The first-order valence-corrected chi connectivity index (χ1v) is 6.23. The van der Waals surface area contributed by atoms with Gasteiger partial charge in [0.1, 0.15) is 0 Å². The van der Waals surface area contributed by atoms with Crippen LogP contribution in [-0.4, -0.2) is 41.2 Å². The highest BCUT2D eigenvalue weighted by atomic mass is 16.5. The number of nitrogens with one attached hydrogen (secondary N) is 1. The minimum Gasteiger partial charge on any atom is -0.338 e. The molecule has 1 saturated heterocycles. The van der Waals surface area contributed by atoms with Crippen LogP contribution in [0.3, 0.4) is 0 Å². The van der Waals surface area contributed by atoms with Crippen molar-refractivity contribution in [1.82, 2.24) is 20.4 Å². The van der Waals surface area contributed by atoms with Crippen LogP contribution in [0.25, 0.3) is 11.4 Å². The molecular weight excluding hydrogens is 228 g/mol. The molecule has 3 rings (SSSR count). The lowest BCUT2D eigenvalue weighted by atomic mass is 10.2. The molecule has 0 saturated carbocycles. The van der Waals surface area contributed by atoms with Gasteiger partial charge in [0.25, 0.3) is 0 Å². The molecule has 2 heterocycles. The van der Waals surface area contributed by atoms with Crippen molar-refractivity contribution in [2.24, 2.45) is 0 Å². The molecule has 18 heavy (non-hydrogen) atoms. The zero-order valence-electron chi connectivity index (χ0n) is 10.2. The van der Waals surface area contributed by atoms with Crippen LogP contribution in [0.1, 0.15) is 5.89 Å². The largest absolute Gasteiger partial charge is 0.338 e. The van der Waals surface area contributed by atoms with E-state index >= 15 is 0 Å². The average molecular weight is 244 g/mol. The van der Waals surface area contributed by atoms with E-state index in [9.17, 15) is 0 Å². The van der Waals surface area contributed by atoms with Gasteiger partial charge in [-0.3, -0.25) is 4.90 Å². The standard InChI is InChI=1S/C13H16N4O/c1-2-4-11(5-3-1)13-15-12(18-16-13)10-17-8-6-14-7-9-17/h1-5,14H,6-10H2. The smallest absolute Gasteiger partial charge is 0.241 e. The van der Waals surface area contributed by atoms with Crippen molar-refractivity contribution in [3.8, 4) is 11.4 Å². The summed E-state index contributed by atoms with van der Waals surface area (Å²) in [5.74, 6) is 1.36. The van der Waals surface area contributed by atoms with E-state index in [1.54, 1.807) is 0 Å². The number of benzene rings is 1. The normalized spacial score (nSPS) is 16.9. The fraction of sp³-hybridized carbons (Fsp3) is 0.385. The first kappa shape index (κ1) is 11.4. The molecule has 5 heteroatoms.